The van der Waals surface area contributed by atoms with Crippen molar-refractivity contribution in [1.82, 2.24) is 5.32 Å². The monoisotopic (exact) mass is 287 g/mol. The lowest BCUT2D eigenvalue weighted by atomic mass is 10.1. The molecule has 1 N–H and O–H groups in total. The average Bonchev–Trinajstić information content (AvgIpc) is 2.22. The molecule has 15 heavy (non-hydrogen) atoms. The quantitative estimate of drug-likeness (QED) is 0.861. The third-order valence-corrected chi connectivity index (χ3v) is 3.52. The van der Waals surface area contributed by atoms with Gasteiger partial charge in [0.05, 0.1) is 0 Å². The summed E-state index contributed by atoms with van der Waals surface area (Å²) in [7, 11) is 0. The molecule has 0 aromatic heterocycles. The molecule has 1 rings (SSSR count). The molecule has 1 atom stereocenters. The SMILES string of the molecule is CCNC(CSC)Cc1ccc(Br)cc1. The molecule has 0 aliphatic rings. The first-order valence-corrected chi connectivity index (χ1v) is 7.41. The number of hydrogen-bond donors (Lipinski definition) is 1. The summed E-state index contributed by atoms with van der Waals surface area (Å²) >= 11 is 5.35. The number of rotatable bonds is 6. The molecule has 0 saturated carbocycles. The summed E-state index contributed by atoms with van der Waals surface area (Å²) in [6.07, 6.45) is 3.27. The summed E-state index contributed by atoms with van der Waals surface area (Å²) in [6.45, 7) is 3.21. The lowest BCUT2D eigenvalue weighted by Crippen LogP contribution is -2.33. The molecule has 3 heteroatoms. The van der Waals surface area contributed by atoms with Gasteiger partial charge in [0.2, 0.25) is 0 Å². The maximum atomic E-state index is 3.51. The van der Waals surface area contributed by atoms with Crippen molar-refractivity contribution in [2.45, 2.75) is 19.4 Å². The number of likely N-dealkylation sites (N-methyl/N-ethyl adjacent to an activating group) is 1. The van der Waals surface area contributed by atoms with Crippen LogP contribution in [0.5, 0.6) is 0 Å². The molecule has 0 spiro atoms. The van der Waals surface area contributed by atoms with Crippen molar-refractivity contribution in [3.63, 3.8) is 0 Å². The maximum absolute atomic E-state index is 3.51. The van der Waals surface area contributed by atoms with Crippen LogP contribution in [-0.2, 0) is 6.42 Å². The number of halogens is 1. The Balaban J connectivity index is 2.53. The van der Waals surface area contributed by atoms with E-state index in [1.165, 1.54) is 11.3 Å². The molecule has 84 valence electrons. The predicted octanol–water partition coefficient (Wildman–Crippen LogP) is 3.33. The van der Waals surface area contributed by atoms with E-state index in [0.29, 0.717) is 6.04 Å². The van der Waals surface area contributed by atoms with E-state index >= 15 is 0 Å². The molecule has 0 heterocycles. The highest BCUT2D eigenvalue weighted by Gasteiger charge is 2.06. The highest BCUT2D eigenvalue weighted by Crippen LogP contribution is 2.13. The lowest BCUT2D eigenvalue weighted by molar-refractivity contribution is 0.573. The van der Waals surface area contributed by atoms with Crippen LogP contribution in [0.3, 0.4) is 0 Å². The van der Waals surface area contributed by atoms with Gasteiger partial charge in [0, 0.05) is 16.3 Å². The number of benzene rings is 1. The number of hydrogen-bond acceptors (Lipinski definition) is 2. The molecule has 0 radical (unpaired) electrons. The zero-order chi connectivity index (χ0) is 11.1. The van der Waals surface area contributed by atoms with Crippen LogP contribution in [0.2, 0.25) is 0 Å². The Hall–Kier alpha value is 0.01000. The van der Waals surface area contributed by atoms with Crippen molar-refractivity contribution in [3.05, 3.63) is 34.3 Å². The van der Waals surface area contributed by atoms with Gasteiger partial charge in [0.1, 0.15) is 0 Å². The molecule has 1 aromatic carbocycles. The minimum atomic E-state index is 0.589. The zero-order valence-electron chi connectivity index (χ0n) is 9.29. The Kier molecular flexibility index (Phi) is 6.37. The first kappa shape index (κ1) is 13.1. The highest BCUT2D eigenvalue weighted by molar-refractivity contribution is 9.10. The molecule has 0 aliphatic heterocycles. The molecule has 1 nitrogen and oxygen atoms in total. The molecule has 0 fully saturated rings. The molecular weight excluding hydrogens is 270 g/mol. The third-order valence-electron chi connectivity index (χ3n) is 2.26. The summed E-state index contributed by atoms with van der Waals surface area (Å²) in [5.41, 5.74) is 1.40. The molecule has 0 saturated heterocycles. The van der Waals surface area contributed by atoms with Crippen molar-refractivity contribution >= 4 is 27.7 Å². The Labute approximate surface area is 105 Å². The lowest BCUT2D eigenvalue weighted by Gasteiger charge is -2.16. The number of nitrogens with one attached hydrogen (secondary N) is 1. The fraction of sp³-hybridized carbons (Fsp3) is 0.500. The predicted molar refractivity (Wildman–Crippen MR) is 73.7 cm³/mol. The first-order valence-electron chi connectivity index (χ1n) is 5.23. The van der Waals surface area contributed by atoms with Gasteiger partial charge in [-0.2, -0.15) is 11.8 Å². The second-order valence-corrected chi connectivity index (χ2v) is 5.37. The van der Waals surface area contributed by atoms with Gasteiger partial charge in [0.15, 0.2) is 0 Å². The average molecular weight is 288 g/mol. The summed E-state index contributed by atoms with van der Waals surface area (Å²) in [5, 5.41) is 3.51. The minimum Gasteiger partial charge on any atom is -0.313 e. The Bertz CT molecular complexity index is 267. The van der Waals surface area contributed by atoms with Crippen molar-refractivity contribution in [2.75, 3.05) is 18.6 Å². The fourth-order valence-electron chi connectivity index (χ4n) is 1.58. The van der Waals surface area contributed by atoms with E-state index in [1.807, 2.05) is 11.8 Å². The van der Waals surface area contributed by atoms with Crippen LogP contribution in [0.4, 0.5) is 0 Å². The van der Waals surface area contributed by atoms with Crippen LogP contribution < -0.4 is 5.32 Å². The Morgan fingerprint density at radius 3 is 2.53 bits per heavy atom. The van der Waals surface area contributed by atoms with Crippen LogP contribution >= 0.6 is 27.7 Å². The van der Waals surface area contributed by atoms with E-state index < -0.39 is 0 Å². The molecule has 0 aliphatic carbocycles. The van der Waals surface area contributed by atoms with E-state index in [2.05, 4.69) is 58.7 Å². The molecule has 1 aromatic rings. The van der Waals surface area contributed by atoms with E-state index in [-0.39, 0.29) is 0 Å². The van der Waals surface area contributed by atoms with Crippen molar-refractivity contribution in [1.29, 1.82) is 0 Å². The van der Waals surface area contributed by atoms with Gasteiger partial charge in [-0.05, 0) is 36.9 Å². The molecule has 1 unspecified atom stereocenters. The topological polar surface area (TPSA) is 12.0 Å². The van der Waals surface area contributed by atoms with Crippen LogP contribution in [-0.4, -0.2) is 24.6 Å². The molecule has 0 amide bonds. The van der Waals surface area contributed by atoms with E-state index in [9.17, 15) is 0 Å². The largest absolute Gasteiger partial charge is 0.313 e. The number of thioether (sulfide) groups is 1. The fourth-order valence-corrected chi connectivity index (χ4v) is 2.49. The van der Waals surface area contributed by atoms with Gasteiger partial charge in [-0.25, -0.2) is 0 Å². The second kappa shape index (κ2) is 7.31. The minimum absolute atomic E-state index is 0.589. The zero-order valence-corrected chi connectivity index (χ0v) is 11.7. The Morgan fingerprint density at radius 1 is 1.33 bits per heavy atom. The first-order chi connectivity index (χ1) is 7.26. The Morgan fingerprint density at radius 2 is 2.00 bits per heavy atom. The van der Waals surface area contributed by atoms with Crippen LogP contribution in [0.15, 0.2) is 28.7 Å². The van der Waals surface area contributed by atoms with Crippen molar-refractivity contribution < 1.29 is 0 Å². The van der Waals surface area contributed by atoms with Crippen LogP contribution in [0.25, 0.3) is 0 Å². The van der Waals surface area contributed by atoms with Crippen molar-refractivity contribution in [3.8, 4) is 0 Å². The summed E-state index contributed by atoms with van der Waals surface area (Å²) in [5.74, 6) is 1.17. The van der Waals surface area contributed by atoms with Crippen molar-refractivity contribution in [2.24, 2.45) is 0 Å². The van der Waals surface area contributed by atoms with Gasteiger partial charge < -0.3 is 5.32 Å². The molecule has 0 bridgehead atoms. The third kappa shape index (κ3) is 5.05. The summed E-state index contributed by atoms with van der Waals surface area (Å²) in [4.78, 5) is 0. The standard InChI is InChI=1S/C12H18BrNS/c1-3-14-12(9-15-2)8-10-4-6-11(13)7-5-10/h4-7,12,14H,3,8-9H2,1-2H3. The second-order valence-electron chi connectivity index (χ2n) is 3.54. The van der Waals surface area contributed by atoms with Gasteiger partial charge in [-0.3, -0.25) is 0 Å². The normalized spacial score (nSPS) is 12.7. The van der Waals surface area contributed by atoms with E-state index in [0.717, 1.165) is 17.4 Å². The van der Waals surface area contributed by atoms with Gasteiger partial charge >= 0.3 is 0 Å². The summed E-state index contributed by atoms with van der Waals surface area (Å²) in [6, 6.07) is 9.18. The van der Waals surface area contributed by atoms with Crippen LogP contribution in [0, 0.1) is 0 Å². The maximum Gasteiger partial charge on any atom is 0.0198 e. The van der Waals surface area contributed by atoms with Crippen LogP contribution in [0.1, 0.15) is 12.5 Å². The van der Waals surface area contributed by atoms with Gasteiger partial charge in [0.25, 0.3) is 0 Å². The van der Waals surface area contributed by atoms with Gasteiger partial charge in [-0.15, -0.1) is 0 Å². The smallest absolute Gasteiger partial charge is 0.0198 e. The molecular formula is C12H18BrNS. The van der Waals surface area contributed by atoms with Gasteiger partial charge in [-0.1, -0.05) is 35.0 Å². The highest BCUT2D eigenvalue weighted by atomic mass is 79.9. The van der Waals surface area contributed by atoms with E-state index in [4.69, 9.17) is 0 Å². The summed E-state index contributed by atoms with van der Waals surface area (Å²) < 4.78 is 1.15. The van der Waals surface area contributed by atoms with E-state index in [1.54, 1.807) is 0 Å².